The molecule has 0 aliphatic heterocycles. The molecule has 2 rings (SSSR count). The predicted molar refractivity (Wildman–Crippen MR) is 83.8 cm³/mol. The minimum Gasteiger partial charge on any atom is -0.343 e. The lowest BCUT2D eigenvalue weighted by Crippen LogP contribution is -2.41. The molecular formula is C15H13BrClFN2O. The third-order valence-corrected chi connectivity index (χ3v) is 3.87. The van der Waals surface area contributed by atoms with Crippen LogP contribution in [0.15, 0.2) is 41.0 Å². The number of hydrogen-bond acceptors (Lipinski definition) is 2. The topological polar surface area (TPSA) is 42.0 Å². The van der Waals surface area contributed by atoms with Gasteiger partial charge in [-0.3, -0.25) is 4.79 Å². The van der Waals surface area contributed by atoms with Crippen LogP contribution in [0.5, 0.6) is 0 Å². The molecule has 1 amide bonds. The number of nitrogens with one attached hydrogen (secondary N) is 1. The van der Waals surface area contributed by atoms with Crippen molar-refractivity contribution in [3.8, 4) is 0 Å². The minimum absolute atomic E-state index is 0.0156. The second-order valence-corrected chi connectivity index (χ2v) is 6.35. The summed E-state index contributed by atoms with van der Waals surface area (Å²) in [6, 6.07) is 8.65. The molecular weight excluding hydrogens is 359 g/mol. The van der Waals surface area contributed by atoms with Crippen LogP contribution in [0.4, 0.5) is 4.39 Å². The SMILES string of the molecule is CC(C)(NC(=O)c1cc(F)cnc1Cl)c1ccc(Br)cc1. The Morgan fingerprint density at radius 2 is 1.95 bits per heavy atom. The van der Waals surface area contributed by atoms with Gasteiger partial charge in [-0.25, -0.2) is 9.37 Å². The molecule has 21 heavy (non-hydrogen) atoms. The lowest BCUT2D eigenvalue weighted by Gasteiger charge is -2.27. The van der Waals surface area contributed by atoms with Crippen molar-refractivity contribution in [1.29, 1.82) is 0 Å². The molecule has 3 nitrogen and oxygen atoms in total. The predicted octanol–water partition coefficient (Wildman–Crippen LogP) is 4.30. The van der Waals surface area contributed by atoms with E-state index in [-0.39, 0.29) is 10.7 Å². The number of aromatic nitrogens is 1. The van der Waals surface area contributed by atoms with Gasteiger partial charge in [0.2, 0.25) is 0 Å². The third-order valence-electron chi connectivity index (χ3n) is 3.04. The summed E-state index contributed by atoms with van der Waals surface area (Å²) in [6.45, 7) is 3.71. The van der Waals surface area contributed by atoms with Crippen molar-refractivity contribution in [2.45, 2.75) is 19.4 Å². The highest BCUT2D eigenvalue weighted by Gasteiger charge is 2.25. The number of benzene rings is 1. The van der Waals surface area contributed by atoms with E-state index in [4.69, 9.17) is 11.6 Å². The van der Waals surface area contributed by atoms with Crippen LogP contribution in [0.1, 0.15) is 29.8 Å². The number of amides is 1. The summed E-state index contributed by atoms with van der Waals surface area (Å²) in [4.78, 5) is 15.9. The number of nitrogens with zero attached hydrogens (tertiary/aromatic N) is 1. The second kappa shape index (κ2) is 6.12. The van der Waals surface area contributed by atoms with E-state index in [1.807, 2.05) is 38.1 Å². The fraction of sp³-hybridized carbons (Fsp3) is 0.200. The fourth-order valence-electron chi connectivity index (χ4n) is 1.87. The number of pyridine rings is 1. The molecule has 0 aliphatic carbocycles. The van der Waals surface area contributed by atoms with E-state index in [1.165, 1.54) is 0 Å². The summed E-state index contributed by atoms with van der Waals surface area (Å²) in [7, 11) is 0. The van der Waals surface area contributed by atoms with E-state index in [1.54, 1.807) is 0 Å². The first-order valence-electron chi connectivity index (χ1n) is 6.19. The van der Waals surface area contributed by atoms with Crippen molar-refractivity contribution in [3.05, 3.63) is 63.1 Å². The smallest absolute Gasteiger partial charge is 0.255 e. The average molecular weight is 372 g/mol. The molecule has 0 atom stereocenters. The van der Waals surface area contributed by atoms with Crippen LogP contribution in [0.2, 0.25) is 5.15 Å². The highest BCUT2D eigenvalue weighted by Crippen LogP contribution is 2.23. The maximum absolute atomic E-state index is 13.2. The largest absolute Gasteiger partial charge is 0.343 e. The summed E-state index contributed by atoms with van der Waals surface area (Å²) in [5.41, 5.74) is 0.300. The molecule has 1 N–H and O–H groups in total. The monoisotopic (exact) mass is 370 g/mol. The number of halogens is 3. The van der Waals surface area contributed by atoms with Crippen LogP contribution in [0.3, 0.4) is 0 Å². The molecule has 2 aromatic rings. The zero-order valence-corrected chi connectivity index (χ0v) is 13.8. The number of carbonyl (C=O) groups excluding carboxylic acids is 1. The lowest BCUT2D eigenvalue weighted by molar-refractivity contribution is 0.0911. The number of hydrogen-bond donors (Lipinski definition) is 1. The Morgan fingerprint density at radius 3 is 2.57 bits per heavy atom. The minimum atomic E-state index is -0.632. The van der Waals surface area contributed by atoms with E-state index >= 15 is 0 Å². The van der Waals surface area contributed by atoms with Crippen molar-refractivity contribution in [2.24, 2.45) is 0 Å². The standard InChI is InChI=1S/C15H13BrClFN2O/c1-15(2,9-3-5-10(16)6-4-9)20-14(21)12-7-11(18)8-19-13(12)17/h3-8H,1-2H3,(H,20,21). The molecule has 1 aromatic carbocycles. The van der Waals surface area contributed by atoms with E-state index in [0.29, 0.717) is 0 Å². The van der Waals surface area contributed by atoms with Crippen molar-refractivity contribution in [3.63, 3.8) is 0 Å². The first-order chi connectivity index (χ1) is 9.79. The first kappa shape index (κ1) is 15.9. The maximum atomic E-state index is 13.2. The summed E-state index contributed by atoms with van der Waals surface area (Å²) in [5.74, 6) is -1.08. The van der Waals surface area contributed by atoms with Gasteiger partial charge in [0.05, 0.1) is 17.3 Å². The van der Waals surface area contributed by atoms with E-state index in [0.717, 1.165) is 22.3 Å². The molecule has 110 valence electrons. The van der Waals surface area contributed by atoms with Crippen molar-refractivity contribution in [1.82, 2.24) is 10.3 Å². The van der Waals surface area contributed by atoms with E-state index in [2.05, 4.69) is 26.2 Å². The molecule has 1 aromatic heterocycles. The van der Waals surface area contributed by atoms with Crippen LogP contribution in [-0.2, 0) is 5.54 Å². The summed E-state index contributed by atoms with van der Waals surface area (Å²) in [6.07, 6.45) is 0.971. The van der Waals surface area contributed by atoms with Crippen molar-refractivity contribution >= 4 is 33.4 Å². The Balaban J connectivity index is 2.25. The quantitative estimate of drug-likeness (QED) is 0.817. The van der Waals surface area contributed by atoms with Gasteiger partial charge in [0.1, 0.15) is 11.0 Å². The normalized spacial score (nSPS) is 11.3. The van der Waals surface area contributed by atoms with Crippen LogP contribution in [-0.4, -0.2) is 10.9 Å². The number of rotatable bonds is 3. The van der Waals surface area contributed by atoms with Gasteiger partial charge in [0.15, 0.2) is 0 Å². The molecule has 6 heteroatoms. The van der Waals surface area contributed by atoms with Gasteiger partial charge in [-0.15, -0.1) is 0 Å². The van der Waals surface area contributed by atoms with Gasteiger partial charge in [-0.1, -0.05) is 39.7 Å². The molecule has 0 fully saturated rings. The molecule has 0 aliphatic rings. The van der Waals surface area contributed by atoms with Crippen LogP contribution < -0.4 is 5.32 Å². The van der Waals surface area contributed by atoms with Crippen molar-refractivity contribution < 1.29 is 9.18 Å². The molecule has 0 radical (unpaired) electrons. The highest BCUT2D eigenvalue weighted by atomic mass is 79.9. The van der Waals surface area contributed by atoms with E-state index < -0.39 is 17.3 Å². The Hall–Kier alpha value is -1.46. The maximum Gasteiger partial charge on any atom is 0.255 e. The third kappa shape index (κ3) is 3.80. The zero-order chi connectivity index (χ0) is 15.6. The Morgan fingerprint density at radius 1 is 1.33 bits per heavy atom. The van der Waals surface area contributed by atoms with Gasteiger partial charge in [0, 0.05) is 4.47 Å². The Labute approximate surface area is 135 Å². The summed E-state index contributed by atoms with van der Waals surface area (Å²) in [5, 5.41) is 2.80. The van der Waals surface area contributed by atoms with Crippen LogP contribution >= 0.6 is 27.5 Å². The van der Waals surface area contributed by atoms with Gasteiger partial charge in [0.25, 0.3) is 5.91 Å². The summed E-state index contributed by atoms with van der Waals surface area (Å²) < 4.78 is 14.2. The molecule has 0 saturated carbocycles. The van der Waals surface area contributed by atoms with Gasteiger partial charge in [-0.05, 0) is 37.6 Å². The summed E-state index contributed by atoms with van der Waals surface area (Å²) >= 11 is 9.20. The highest BCUT2D eigenvalue weighted by molar-refractivity contribution is 9.10. The van der Waals surface area contributed by atoms with Crippen molar-refractivity contribution in [2.75, 3.05) is 0 Å². The first-order valence-corrected chi connectivity index (χ1v) is 7.36. The number of carbonyl (C=O) groups is 1. The molecule has 1 heterocycles. The van der Waals surface area contributed by atoms with Gasteiger partial charge < -0.3 is 5.32 Å². The fourth-order valence-corrected chi connectivity index (χ4v) is 2.33. The average Bonchev–Trinajstić information content (AvgIpc) is 2.41. The van der Waals surface area contributed by atoms with E-state index in [9.17, 15) is 9.18 Å². The molecule has 0 spiro atoms. The Bertz CT molecular complexity index is 674. The van der Waals surface area contributed by atoms with Gasteiger partial charge >= 0.3 is 0 Å². The lowest BCUT2D eigenvalue weighted by atomic mass is 9.94. The Kier molecular flexibility index (Phi) is 4.64. The van der Waals surface area contributed by atoms with Gasteiger partial charge in [-0.2, -0.15) is 0 Å². The molecule has 0 bridgehead atoms. The second-order valence-electron chi connectivity index (χ2n) is 5.08. The van der Waals surface area contributed by atoms with Crippen LogP contribution in [0.25, 0.3) is 0 Å². The molecule has 0 unspecified atom stereocenters. The van der Waals surface area contributed by atoms with Crippen LogP contribution in [0, 0.1) is 5.82 Å². The molecule has 0 saturated heterocycles. The zero-order valence-electron chi connectivity index (χ0n) is 11.5.